The van der Waals surface area contributed by atoms with Gasteiger partial charge in [-0.2, -0.15) is 0 Å². The number of allylic oxidation sites excluding steroid dienone is 1. The van der Waals surface area contributed by atoms with Crippen LogP contribution in [0.25, 0.3) is 0 Å². The minimum Gasteiger partial charge on any atom is -0.446 e. The molecular formula is C37H63N5OS. The molecule has 2 aliphatic heterocycles. The number of nitrogens with zero attached hydrogens (tertiary/aromatic N) is 5. The van der Waals surface area contributed by atoms with Crippen LogP contribution in [0.3, 0.4) is 0 Å². The molecule has 248 valence electrons. The second-order valence-corrected chi connectivity index (χ2v) is 18.4. The maximum atomic E-state index is 5.35. The minimum atomic E-state index is 0.261. The number of amidine groups is 1. The molecule has 4 rings (SSSR count). The van der Waals surface area contributed by atoms with Gasteiger partial charge in [0.15, 0.2) is 5.89 Å². The van der Waals surface area contributed by atoms with Crippen LogP contribution in [-0.2, 0) is 12.8 Å². The third kappa shape index (κ3) is 20.5. The van der Waals surface area contributed by atoms with E-state index in [1.165, 1.54) is 21.2 Å². The number of oxazole rings is 1. The van der Waals surface area contributed by atoms with E-state index in [9.17, 15) is 0 Å². The molecule has 4 heterocycles. The molecule has 2 aromatic heterocycles. The van der Waals surface area contributed by atoms with Gasteiger partial charge in [-0.15, -0.1) is 11.3 Å². The van der Waals surface area contributed by atoms with Crippen molar-refractivity contribution < 1.29 is 4.42 Å². The fourth-order valence-electron chi connectivity index (χ4n) is 4.19. The van der Waals surface area contributed by atoms with Crippen molar-refractivity contribution in [3.05, 3.63) is 45.6 Å². The van der Waals surface area contributed by atoms with Crippen molar-refractivity contribution in [1.82, 2.24) is 9.97 Å². The molecule has 6 nitrogen and oxygen atoms in total. The van der Waals surface area contributed by atoms with Crippen LogP contribution in [0.1, 0.15) is 131 Å². The number of thiazole rings is 1. The highest BCUT2D eigenvalue weighted by molar-refractivity contribution is 7.11. The van der Waals surface area contributed by atoms with E-state index < -0.39 is 0 Å². The van der Waals surface area contributed by atoms with E-state index >= 15 is 0 Å². The summed E-state index contributed by atoms with van der Waals surface area (Å²) in [6, 6.07) is 0. The van der Waals surface area contributed by atoms with E-state index in [0.717, 1.165) is 62.0 Å². The summed E-state index contributed by atoms with van der Waals surface area (Å²) < 4.78 is 5.35. The van der Waals surface area contributed by atoms with Gasteiger partial charge in [0.25, 0.3) is 0 Å². The zero-order chi connectivity index (χ0) is 33.9. The number of aliphatic imine (C=N–C) groups is 3. The first kappa shape index (κ1) is 39.6. The molecule has 0 saturated heterocycles. The molecule has 2 aromatic rings. The first-order valence-corrected chi connectivity index (χ1v) is 16.8. The largest absolute Gasteiger partial charge is 0.446 e. The summed E-state index contributed by atoms with van der Waals surface area (Å²) in [7, 11) is 0. The van der Waals surface area contributed by atoms with Gasteiger partial charge in [0, 0.05) is 41.8 Å². The highest BCUT2D eigenvalue weighted by Crippen LogP contribution is 2.24. The highest BCUT2D eigenvalue weighted by Gasteiger charge is 2.17. The Morgan fingerprint density at radius 2 is 1.23 bits per heavy atom. The quantitative estimate of drug-likeness (QED) is 0.339. The van der Waals surface area contributed by atoms with Gasteiger partial charge < -0.3 is 4.42 Å². The monoisotopic (exact) mass is 625 g/mol. The van der Waals surface area contributed by atoms with Gasteiger partial charge in [0.05, 0.1) is 24.3 Å². The Morgan fingerprint density at radius 3 is 1.59 bits per heavy atom. The average molecular weight is 626 g/mol. The second-order valence-electron chi connectivity index (χ2n) is 17.1. The fraction of sp³-hybridized carbons (Fsp3) is 0.703. The lowest BCUT2D eigenvalue weighted by atomic mass is 9.89. The molecule has 2 aliphatic rings. The van der Waals surface area contributed by atoms with Crippen molar-refractivity contribution in [2.24, 2.45) is 36.6 Å². The standard InChI is InChI=1S/C10H17N.C9H16N2.C9H15NO.C9H15NS/c1-8-5-9(11-7-8)6-10(2,3)4;3*1-7-6-10-8(11-7)5-9(2,3)4/h5H,6-7H2,1-4H3;5-6H2,1-4H3;2*6H,5H2,1-4H3. The molecule has 0 bridgehead atoms. The van der Waals surface area contributed by atoms with Crippen molar-refractivity contribution in [2.45, 2.75) is 136 Å². The van der Waals surface area contributed by atoms with E-state index in [-0.39, 0.29) is 5.41 Å². The van der Waals surface area contributed by atoms with E-state index in [2.05, 4.69) is 128 Å². The van der Waals surface area contributed by atoms with E-state index in [1.807, 2.05) is 20.0 Å². The van der Waals surface area contributed by atoms with E-state index in [1.54, 1.807) is 17.5 Å². The summed E-state index contributed by atoms with van der Waals surface area (Å²) in [5.41, 5.74) is 5.12. The van der Waals surface area contributed by atoms with Gasteiger partial charge in [-0.05, 0) is 61.9 Å². The van der Waals surface area contributed by atoms with Crippen LogP contribution >= 0.6 is 11.3 Å². The zero-order valence-corrected chi connectivity index (χ0v) is 31.8. The maximum Gasteiger partial charge on any atom is 0.194 e. The number of hydrogen-bond acceptors (Lipinski definition) is 7. The smallest absolute Gasteiger partial charge is 0.194 e. The van der Waals surface area contributed by atoms with Crippen molar-refractivity contribution in [1.29, 1.82) is 0 Å². The molecular weight excluding hydrogens is 563 g/mol. The second kappa shape index (κ2) is 16.8. The van der Waals surface area contributed by atoms with Gasteiger partial charge in [0.2, 0.25) is 0 Å². The molecule has 0 fully saturated rings. The third-order valence-corrected chi connectivity index (χ3v) is 6.77. The predicted molar refractivity (Wildman–Crippen MR) is 194 cm³/mol. The predicted octanol–water partition coefficient (Wildman–Crippen LogP) is 10.7. The Morgan fingerprint density at radius 1 is 0.659 bits per heavy atom. The lowest BCUT2D eigenvalue weighted by Crippen LogP contribution is -2.10. The molecule has 0 radical (unpaired) electrons. The van der Waals surface area contributed by atoms with Crippen LogP contribution < -0.4 is 0 Å². The summed E-state index contributed by atoms with van der Waals surface area (Å²) in [4.78, 5) is 22.8. The normalized spacial score (nSPS) is 15.1. The van der Waals surface area contributed by atoms with E-state index in [0.29, 0.717) is 16.2 Å². The topological polar surface area (TPSA) is 76.0 Å². The Bertz CT molecular complexity index is 1180. The van der Waals surface area contributed by atoms with Gasteiger partial charge in [-0.25, -0.2) is 15.0 Å². The molecule has 44 heavy (non-hydrogen) atoms. The average Bonchev–Trinajstić information content (AvgIpc) is 3.57. The lowest BCUT2D eigenvalue weighted by Gasteiger charge is -2.16. The van der Waals surface area contributed by atoms with Crippen molar-refractivity contribution in [2.75, 3.05) is 13.1 Å². The van der Waals surface area contributed by atoms with Crippen molar-refractivity contribution in [3.8, 4) is 0 Å². The Hall–Kier alpha value is -2.41. The van der Waals surface area contributed by atoms with Crippen LogP contribution in [0.4, 0.5) is 0 Å². The summed E-state index contributed by atoms with van der Waals surface area (Å²) in [6.07, 6.45) is 10.0. The summed E-state index contributed by atoms with van der Waals surface area (Å²) in [6.45, 7) is 36.5. The summed E-state index contributed by atoms with van der Waals surface area (Å²) in [5, 5.41) is 1.26. The van der Waals surface area contributed by atoms with Gasteiger partial charge >= 0.3 is 0 Å². The molecule has 0 aromatic carbocycles. The fourth-order valence-corrected chi connectivity index (χ4v) is 5.28. The SMILES string of the molecule is CC1=CC(CC(C)(C)C)=NC1.CC1=NC(CC(C)(C)C)=NC1.Cc1cnc(CC(C)(C)C)o1.Cc1cnc(CC(C)(C)C)s1. The van der Waals surface area contributed by atoms with Crippen LogP contribution in [-0.4, -0.2) is 40.3 Å². The first-order chi connectivity index (χ1) is 19.9. The van der Waals surface area contributed by atoms with Crippen molar-refractivity contribution in [3.63, 3.8) is 0 Å². The Balaban J connectivity index is 0.000000293. The Kier molecular flexibility index (Phi) is 15.1. The Labute approximate surface area is 274 Å². The molecule has 0 unspecified atom stereocenters. The molecule has 0 amide bonds. The van der Waals surface area contributed by atoms with Crippen molar-refractivity contribution >= 4 is 28.6 Å². The van der Waals surface area contributed by atoms with Gasteiger partial charge in [-0.1, -0.05) is 88.7 Å². The molecule has 0 spiro atoms. The lowest BCUT2D eigenvalue weighted by molar-refractivity contribution is 0.349. The highest BCUT2D eigenvalue weighted by atomic mass is 32.1. The summed E-state index contributed by atoms with van der Waals surface area (Å²) in [5.74, 6) is 2.76. The summed E-state index contributed by atoms with van der Waals surface area (Å²) >= 11 is 1.80. The number of aromatic nitrogens is 2. The van der Waals surface area contributed by atoms with Gasteiger partial charge in [-0.3, -0.25) is 9.98 Å². The van der Waals surface area contributed by atoms with Crippen LogP contribution in [0.5, 0.6) is 0 Å². The molecule has 7 heteroatoms. The van der Waals surface area contributed by atoms with E-state index in [4.69, 9.17) is 4.42 Å². The molecule has 0 aliphatic carbocycles. The number of aryl methyl sites for hydroxylation is 2. The maximum absolute atomic E-state index is 5.35. The van der Waals surface area contributed by atoms with Gasteiger partial charge in [0.1, 0.15) is 11.6 Å². The molecule has 0 saturated carbocycles. The third-order valence-electron chi connectivity index (χ3n) is 5.86. The minimum absolute atomic E-state index is 0.261. The number of hydrogen-bond donors (Lipinski definition) is 0. The number of rotatable bonds is 4. The molecule has 0 atom stereocenters. The van der Waals surface area contributed by atoms with Crippen LogP contribution in [0.2, 0.25) is 0 Å². The van der Waals surface area contributed by atoms with Crippen LogP contribution in [0, 0.1) is 35.5 Å². The first-order valence-electron chi connectivity index (χ1n) is 16.0. The zero-order valence-electron chi connectivity index (χ0n) is 31.0. The molecule has 0 N–H and O–H groups in total. The van der Waals surface area contributed by atoms with Crippen LogP contribution in [0.15, 0.2) is 43.4 Å².